The summed E-state index contributed by atoms with van der Waals surface area (Å²) < 4.78 is 13.0. The number of carboxylic acid groups (broad SMARTS) is 1. The Morgan fingerprint density at radius 3 is 2.64 bits per heavy atom. The van der Waals surface area contributed by atoms with Crippen LogP contribution in [-0.2, 0) is 9.59 Å². The number of aliphatic carboxylic acids is 1. The normalized spacial score (nSPS) is 20.5. The van der Waals surface area contributed by atoms with Gasteiger partial charge in [-0.3, -0.25) is 14.4 Å². The van der Waals surface area contributed by atoms with Gasteiger partial charge in [0, 0.05) is 23.4 Å². The van der Waals surface area contributed by atoms with Crippen LogP contribution in [0, 0.1) is 11.7 Å². The molecule has 1 atom stereocenters. The van der Waals surface area contributed by atoms with E-state index in [2.05, 4.69) is 0 Å². The minimum atomic E-state index is -1.13. The van der Waals surface area contributed by atoms with Crippen LogP contribution >= 0.6 is 11.8 Å². The van der Waals surface area contributed by atoms with Gasteiger partial charge in [0.05, 0.1) is 17.4 Å². The van der Waals surface area contributed by atoms with Gasteiger partial charge in [0.1, 0.15) is 5.82 Å². The minimum Gasteiger partial charge on any atom is -0.481 e. The zero-order chi connectivity index (χ0) is 15.9. The quantitative estimate of drug-likeness (QED) is 0.857. The van der Waals surface area contributed by atoms with Crippen molar-refractivity contribution in [1.29, 1.82) is 0 Å². The van der Waals surface area contributed by atoms with Crippen molar-refractivity contribution in [3.63, 3.8) is 0 Å². The highest BCUT2D eigenvalue weighted by atomic mass is 32.2. The van der Waals surface area contributed by atoms with Crippen molar-refractivity contribution >= 4 is 29.4 Å². The van der Waals surface area contributed by atoms with E-state index in [0.717, 1.165) is 0 Å². The molecule has 1 saturated heterocycles. The van der Waals surface area contributed by atoms with Crippen LogP contribution in [0.1, 0.15) is 16.8 Å². The van der Waals surface area contributed by atoms with Crippen molar-refractivity contribution in [2.45, 2.75) is 6.42 Å². The largest absolute Gasteiger partial charge is 0.481 e. The van der Waals surface area contributed by atoms with Crippen LogP contribution in [0.15, 0.2) is 34.9 Å². The van der Waals surface area contributed by atoms with E-state index in [1.807, 2.05) is 0 Å². The van der Waals surface area contributed by atoms with Crippen molar-refractivity contribution < 1.29 is 23.9 Å². The maximum absolute atomic E-state index is 13.0. The first-order valence-corrected chi connectivity index (χ1v) is 7.68. The van der Waals surface area contributed by atoms with E-state index in [9.17, 15) is 18.8 Å². The first-order valence-electron chi connectivity index (χ1n) is 6.69. The predicted molar refractivity (Wildman–Crippen MR) is 77.7 cm³/mol. The molecule has 2 aliphatic heterocycles. The van der Waals surface area contributed by atoms with E-state index in [0.29, 0.717) is 17.3 Å². The number of nitrogens with zero attached hydrogens (tertiary/aromatic N) is 1. The topological polar surface area (TPSA) is 74.7 Å². The third-order valence-electron chi connectivity index (χ3n) is 3.67. The Kier molecular flexibility index (Phi) is 3.74. The molecule has 0 unspecified atom stereocenters. The van der Waals surface area contributed by atoms with E-state index < -0.39 is 29.9 Å². The number of carbonyl (C=O) groups is 3. The first-order chi connectivity index (χ1) is 10.5. The van der Waals surface area contributed by atoms with Gasteiger partial charge in [-0.1, -0.05) is 0 Å². The van der Waals surface area contributed by atoms with Gasteiger partial charge >= 0.3 is 5.97 Å². The lowest BCUT2D eigenvalue weighted by Gasteiger charge is -2.12. The highest BCUT2D eigenvalue weighted by Crippen LogP contribution is 2.43. The first kappa shape index (κ1) is 14.8. The van der Waals surface area contributed by atoms with Gasteiger partial charge in [-0.2, -0.15) is 0 Å². The number of hydrogen-bond acceptors (Lipinski definition) is 4. The van der Waals surface area contributed by atoms with Crippen molar-refractivity contribution in [2.24, 2.45) is 5.92 Å². The lowest BCUT2D eigenvalue weighted by molar-refractivity contribution is -0.141. The molecule has 7 heteroatoms. The van der Waals surface area contributed by atoms with Crippen LogP contribution in [0.25, 0.3) is 0 Å². The predicted octanol–water partition coefficient (Wildman–Crippen LogP) is 1.90. The maximum Gasteiger partial charge on any atom is 0.304 e. The second-order valence-corrected chi connectivity index (χ2v) is 6.13. The highest BCUT2D eigenvalue weighted by Gasteiger charge is 2.45. The Morgan fingerprint density at radius 1 is 1.32 bits per heavy atom. The van der Waals surface area contributed by atoms with E-state index in [1.54, 1.807) is 0 Å². The molecule has 1 fully saturated rings. The molecular weight excluding hydrogens is 309 g/mol. The van der Waals surface area contributed by atoms with Gasteiger partial charge < -0.3 is 10.0 Å². The fourth-order valence-corrected chi connectivity index (χ4v) is 3.88. The van der Waals surface area contributed by atoms with E-state index >= 15 is 0 Å². The molecule has 5 nitrogen and oxygen atoms in total. The fraction of sp³-hybridized carbons (Fsp3) is 0.267. The molecule has 114 valence electrons. The maximum atomic E-state index is 13.0. The Morgan fingerprint density at radius 2 is 2.00 bits per heavy atom. The van der Waals surface area contributed by atoms with Crippen LogP contribution in [0.5, 0.6) is 0 Å². The third-order valence-corrected chi connectivity index (χ3v) is 4.77. The average Bonchev–Trinajstić information content (AvgIpc) is 3.03. The Balaban J connectivity index is 2.02. The van der Waals surface area contributed by atoms with Gasteiger partial charge in [-0.15, -0.1) is 11.8 Å². The number of ketones is 1. The molecule has 1 amide bonds. The molecule has 0 aromatic heterocycles. The van der Waals surface area contributed by atoms with Crippen molar-refractivity contribution in [3.8, 4) is 0 Å². The molecule has 1 aromatic rings. The second kappa shape index (κ2) is 5.57. The molecule has 2 aliphatic rings. The number of hydrogen-bond donors (Lipinski definition) is 1. The van der Waals surface area contributed by atoms with Gasteiger partial charge in [0.25, 0.3) is 0 Å². The Bertz CT molecular complexity index is 698. The number of halogens is 1. The monoisotopic (exact) mass is 321 g/mol. The zero-order valence-corrected chi connectivity index (χ0v) is 12.2. The standard InChI is InChI=1S/C15H12FNO4S/c16-9-3-1-8(2-4-9)13(20)12-10(7-11(18)19)14(21)17-5-6-22-15(12)17/h1-4,10H,5-7H2,(H,18,19)/t10-/m0/s1. The van der Waals surface area contributed by atoms with Gasteiger partial charge in [-0.25, -0.2) is 4.39 Å². The summed E-state index contributed by atoms with van der Waals surface area (Å²) in [5, 5.41) is 9.55. The van der Waals surface area contributed by atoms with Crippen LogP contribution in [0.4, 0.5) is 4.39 Å². The van der Waals surface area contributed by atoms with Gasteiger partial charge in [0.2, 0.25) is 5.91 Å². The number of Topliss-reactive ketones (excluding diaryl/α,β-unsaturated/α-hetero) is 1. The second-order valence-electron chi connectivity index (χ2n) is 5.04. The molecule has 0 bridgehead atoms. The molecule has 0 spiro atoms. The summed E-state index contributed by atoms with van der Waals surface area (Å²) in [5.74, 6) is -2.62. The lowest BCUT2D eigenvalue weighted by atomic mass is 9.91. The van der Waals surface area contributed by atoms with E-state index in [4.69, 9.17) is 5.11 Å². The molecular formula is C15H12FNO4S. The van der Waals surface area contributed by atoms with E-state index in [1.165, 1.54) is 40.9 Å². The summed E-state index contributed by atoms with van der Waals surface area (Å²) in [4.78, 5) is 37.5. The number of carboxylic acids is 1. The van der Waals surface area contributed by atoms with Crippen LogP contribution in [-0.4, -0.2) is 40.0 Å². The molecule has 1 N–H and O–H groups in total. The molecule has 22 heavy (non-hydrogen) atoms. The lowest BCUT2D eigenvalue weighted by Crippen LogP contribution is -2.29. The summed E-state index contributed by atoms with van der Waals surface area (Å²) in [6.07, 6.45) is -0.415. The van der Waals surface area contributed by atoms with Gasteiger partial charge in [0.15, 0.2) is 5.78 Å². The van der Waals surface area contributed by atoms with Gasteiger partial charge in [-0.05, 0) is 24.3 Å². The minimum absolute atomic E-state index is 0.224. The van der Waals surface area contributed by atoms with Crippen molar-refractivity contribution in [2.75, 3.05) is 12.3 Å². The molecule has 0 radical (unpaired) electrons. The number of carbonyl (C=O) groups excluding carboxylic acids is 2. The number of fused-ring (bicyclic) bond motifs is 1. The third kappa shape index (κ3) is 2.41. The summed E-state index contributed by atoms with van der Waals surface area (Å²) in [5.41, 5.74) is 0.475. The number of amides is 1. The molecule has 3 rings (SSSR count). The zero-order valence-electron chi connectivity index (χ0n) is 11.4. The fourth-order valence-electron chi connectivity index (χ4n) is 2.68. The SMILES string of the molecule is O=C(O)C[C@@H]1C(=O)N2CCSC2=C1C(=O)c1ccc(F)cc1. The highest BCUT2D eigenvalue weighted by molar-refractivity contribution is 8.03. The van der Waals surface area contributed by atoms with Crippen LogP contribution in [0.2, 0.25) is 0 Å². The Labute approximate surface area is 129 Å². The molecule has 0 aliphatic carbocycles. The Hall–Kier alpha value is -2.15. The molecule has 2 heterocycles. The number of benzene rings is 1. The number of thioether (sulfide) groups is 1. The molecule has 0 saturated carbocycles. The summed E-state index contributed by atoms with van der Waals surface area (Å²) >= 11 is 1.38. The van der Waals surface area contributed by atoms with Crippen molar-refractivity contribution in [1.82, 2.24) is 4.90 Å². The summed E-state index contributed by atoms with van der Waals surface area (Å²) in [7, 11) is 0. The van der Waals surface area contributed by atoms with Crippen LogP contribution < -0.4 is 0 Å². The molecule has 1 aromatic carbocycles. The van der Waals surface area contributed by atoms with E-state index in [-0.39, 0.29) is 17.0 Å². The average molecular weight is 321 g/mol. The summed E-state index contributed by atoms with van der Waals surface area (Å²) in [6.45, 7) is 0.481. The number of rotatable bonds is 4. The van der Waals surface area contributed by atoms with Crippen molar-refractivity contribution in [3.05, 3.63) is 46.2 Å². The summed E-state index contributed by atoms with van der Waals surface area (Å²) in [6, 6.07) is 5.02. The smallest absolute Gasteiger partial charge is 0.304 e. The van der Waals surface area contributed by atoms with Crippen LogP contribution in [0.3, 0.4) is 0 Å².